The average Bonchev–Trinajstić information content (AvgIpc) is 2.98. The molecular weight excluding hydrogens is 486 g/mol. The van der Waals surface area contributed by atoms with Gasteiger partial charge in [0.25, 0.3) is 0 Å². The topological polar surface area (TPSA) is 61.9 Å². The van der Waals surface area contributed by atoms with Crippen molar-refractivity contribution in [2.75, 3.05) is 46.9 Å². The molecule has 0 bridgehead atoms. The van der Waals surface area contributed by atoms with Crippen LogP contribution in [0.25, 0.3) is 11.1 Å². The van der Waals surface area contributed by atoms with Gasteiger partial charge in [0.1, 0.15) is 12.4 Å². The molecule has 0 unspecified atom stereocenters. The van der Waals surface area contributed by atoms with Crippen molar-refractivity contribution in [1.29, 1.82) is 0 Å². The van der Waals surface area contributed by atoms with E-state index in [0.29, 0.717) is 32.7 Å². The van der Waals surface area contributed by atoms with Crippen LogP contribution in [0.15, 0.2) is 84.9 Å². The predicted molar refractivity (Wildman–Crippen MR) is 157 cm³/mol. The lowest BCUT2D eigenvalue weighted by Gasteiger charge is -2.26. The van der Waals surface area contributed by atoms with Crippen molar-refractivity contribution in [3.63, 3.8) is 0 Å². The Hall–Kier alpha value is -3.90. The Morgan fingerprint density at radius 3 is 2.00 bits per heavy atom. The molecule has 0 spiro atoms. The summed E-state index contributed by atoms with van der Waals surface area (Å²) in [6, 6.07) is 28.8. The molecule has 1 heterocycles. The number of rotatable bonds is 10. The summed E-state index contributed by atoms with van der Waals surface area (Å²) < 4.78 is 5.92. The Kier molecular flexibility index (Phi) is 10.3. The number of nitrogens with zero attached hydrogens (tertiary/aromatic N) is 2. The van der Waals surface area contributed by atoms with Gasteiger partial charge in [0, 0.05) is 26.2 Å². The zero-order valence-corrected chi connectivity index (χ0v) is 23.1. The van der Waals surface area contributed by atoms with Gasteiger partial charge in [-0.2, -0.15) is 0 Å². The van der Waals surface area contributed by atoms with E-state index in [0.717, 1.165) is 59.4 Å². The number of ether oxygens (including phenoxy) is 1. The van der Waals surface area contributed by atoms with E-state index in [9.17, 15) is 9.59 Å². The fourth-order valence-corrected chi connectivity index (χ4v) is 4.85. The van der Waals surface area contributed by atoms with Gasteiger partial charge in [0.2, 0.25) is 0 Å². The highest BCUT2D eigenvalue weighted by atomic mass is 16.5. The molecule has 6 nitrogen and oxygen atoms in total. The van der Waals surface area contributed by atoms with Crippen LogP contribution < -0.4 is 10.1 Å². The first kappa shape index (κ1) is 28.1. The molecule has 0 saturated carbocycles. The van der Waals surface area contributed by atoms with Gasteiger partial charge in [-0.15, -0.1) is 0 Å². The third kappa shape index (κ3) is 8.04. The molecule has 1 aliphatic rings. The molecule has 3 aromatic rings. The van der Waals surface area contributed by atoms with Gasteiger partial charge >= 0.3 is 11.8 Å². The molecule has 2 amide bonds. The zero-order chi connectivity index (χ0) is 27.5. The lowest BCUT2D eigenvalue weighted by atomic mass is 9.88. The van der Waals surface area contributed by atoms with Crippen LogP contribution in [-0.2, 0) is 9.59 Å². The summed E-state index contributed by atoms with van der Waals surface area (Å²) in [7, 11) is 4.06. The third-order valence-corrected chi connectivity index (χ3v) is 6.93. The number of hydrogen-bond donors (Lipinski definition) is 1. The molecule has 39 heavy (non-hydrogen) atoms. The van der Waals surface area contributed by atoms with Gasteiger partial charge in [-0.05, 0) is 79.7 Å². The SMILES string of the molecule is CN(C)CCOc1ccc(/C(=C(/CCNC(=O)C(=O)N2CCCCC2)c2ccccc2)c2ccccc2)cc1. The van der Waals surface area contributed by atoms with E-state index in [2.05, 4.69) is 46.6 Å². The van der Waals surface area contributed by atoms with Crippen LogP contribution in [0.2, 0.25) is 0 Å². The number of hydrogen-bond acceptors (Lipinski definition) is 4. The third-order valence-electron chi connectivity index (χ3n) is 6.93. The molecule has 4 rings (SSSR count). The smallest absolute Gasteiger partial charge is 0.311 e. The summed E-state index contributed by atoms with van der Waals surface area (Å²) in [5, 5.41) is 2.89. The minimum atomic E-state index is -0.523. The number of benzene rings is 3. The highest BCUT2D eigenvalue weighted by Crippen LogP contribution is 2.35. The summed E-state index contributed by atoms with van der Waals surface area (Å²) in [6.07, 6.45) is 3.61. The summed E-state index contributed by atoms with van der Waals surface area (Å²) in [5.74, 6) is -0.115. The van der Waals surface area contributed by atoms with Crippen LogP contribution in [-0.4, -0.2) is 68.5 Å². The van der Waals surface area contributed by atoms with Crippen molar-refractivity contribution >= 4 is 23.0 Å². The Bertz CT molecular complexity index is 1230. The van der Waals surface area contributed by atoms with Crippen molar-refractivity contribution in [2.24, 2.45) is 0 Å². The maximum atomic E-state index is 12.7. The molecule has 0 aromatic heterocycles. The second-order valence-electron chi connectivity index (χ2n) is 10.1. The quantitative estimate of drug-likeness (QED) is 0.295. The molecule has 0 radical (unpaired) electrons. The second-order valence-corrected chi connectivity index (χ2v) is 10.1. The van der Waals surface area contributed by atoms with Gasteiger partial charge in [-0.25, -0.2) is 0 Å². The van der Waals surface area contributed by atoms with Crippen LogP contribution in [0.1, 0.15) is 42.4 Å². The number of likely N-dealkylation sites (tertiary alicyclic amines) is 1. The van der Waals surface area contributed by atoms with Crippen molar-refractivity contribution in [3.05, 3.63) is 102 Å². The molecule has 6 heteroatoms. The number of likely N-dealkylation sites (N-methyl/N-ethyl adjacent to an activating group) is 1. The van der Waals surface area contributed by atoms with Crippen molar-refractivity contribution in [3.8, 4) is 5.75 Å². The first-order valence-corrected chi connectivity index (χ1v) is 13.8. The minimum absolute atomic E-state index is 0.366. The molecule has 1 aliphatic heterocycles. The fraction of sp³-hybridized carbons (Fsp3) is 0.333. The Morgan fingerprint density at radius 2 is 1.38 bits per heavy atom. The van der Waals surface area contributed by atoms with Gasteiger partial charge in [0.15, 0.2) is 0 Å². The van der Waals surface area contributed by atoms with Gasteiger partial charge < -0.3 is 19.9 Å². The van der Waals surface area contributed by atoms with Crippen LogP contribution in [0.5, 0.6) is 5.75 Å². The molecule has 1 N–H and O–H groups in total. The van der Waals surface area contributed by atoms with E-state index >= 15 is 0 Å². The number of amides is 2. The maximum absolute atomic E-state index is 12.7. The summed E-state index contributed by atoms with van der Waals surface area (Å²) in [4.78, 5) is 29.1. The standard InChI is InChI=1S/C33H39N3O3/c1-35(2)24-25-39-29-18-16-28(17-19-29)31(27-14-8-4-9-15-27)30(26-12-6-3-7-13-26)20-21-34-32(37)33(38)36-22-10-5-11-23-36/h3-4,6-9,12-19H,5,10-11,20-25H2,1-2H3,(H,34,37)/b31-30-. The Morgan fingerprint density at radius 1 is 0.795 bits per heavy atom. The minimum Gasteiger partial charge on any atom is -0.492 e. The van der Waals surface area contributed by atoms with E-state index < -0.39 is 11.8 Å². The first-order valence-electron chi connectivity index (χ1n) is 13.8. The van der Waals surface area contributed by atoms with Crippen LogP contribution in [0, 0.1) is 0 Å². The molecule has 1 fully saturated rings. The lowest BCUT2D eigenvalue weighted by Crippen LogP contribution is -2.45. The number of nitrogens with one attached hydrogen (secondary N) is 1. The average molecular weight is 526 g/mol. The number of piperidine rings is 1. The highest BCUT2D eigenvalue weighted by molar-refractivity contribution is 6.35. The molecule has 0 aliphatic carbocycles. The summed E-state index contributed by atoms with van der Waals surface area (Å²) >= 11 is 0. The molecule has 204 valence electrons. The van der Waals surface area contributed by atoms with Crippen LogP contribution in [0.4, 0.5) is 0 Å². The Balaban J connectivity index is 1.61. The van der Waals surface area contributed by atoms with E-state index in [1.54, 1.807) is 4.90 Å². The molecule has 0 atom stereocenters. The summed E-state index contributed by atoms with van der Waals surface area (Å²) in [5.41, 5.74) is 5.44. The number of carbonyl (C=O) groups excluding carboxylic acids is 2. The normalized spacial score (nSPS) is 14.1. The predicted octanol–water partition coefficient (Wildman–Crippen LogP) is 5.10. The van der Waals surface area contributed by atoms with Crippen molar-refractivity contribution in [1.82, 2.24) is 15.1 Å². The fourth-order valence-electron chi connectivity index (χ4n) is 4.85. The zero-order valence-electron chi connectivity index (χ0n) is 23.1. The lowest BCUT2D eigenvalue weighted by molar-refractivity contribution is -0.146. The summed E-state index contributed by atoms with van der Waals surface area (Å²) in [6.45, 7) is 3.16. The van der Waals surface area contributed by atoms with Crippen LogP contribution >= 0.6 is 0 Å². The largest absolute Gasteiger partial charge is 0.492 e. The van der Waals surface area contributed by atoms with E-state index in [1.165, 1.54) is 0 Å². The van der Waals surface area contributed by atoms with E-state index in [4.69, 9.17) is 4.74 Å². The van der Waals surface area contributed by atoms with Gasteiger partial charge in [-0.1, -0.05) is 72.8 Å². The molecule has 3 aromatic carbocycles. The van der Waals surface area contributed by atoms with Gasteiger partial charge in [0.05, 0.1) is 0 Å². The molecular formula is C33H39N3O3. The van der Waals surface area contributed by atoms with Crippen molar-refractivity contribution in [2.45, 2.75) is 25.7 Å². The van der Waals surface area contributed by atoms with E-state index in [1.807, 2.05) is 62.6 Å². The second kappa shape index (κ2) is 14.3. The van der Waals surface area contributed by atoms with E-state index in [-0.39, 0.29) is 0 Å². The Labute approximate surface area is 232 Å². The highest BCUT2D eigenvalue weighted by Gasteiger charge is 2.23. The number of carbonyl (C=O) groups is 2. The maximum Gasteiger partial charge on any atom is 0.311 e. The van der Waals surface area contributed by atoms with Crippen LogP contribution in [0.3, 0.4) is 0 Å². The monoisotopic (exact) mass is 525 g/mol. The first-order chi connectivity index (χ1) is 19.0. The van der Waals surface area contributed by atoms with Gasteiger partial charge in [-0.3, -0.25) is 9.59 Å². The molecule has 1 saturated heterocycles. The van der Waals surface area contributed by atoms with Crippen molar-refractivity contribution < 1.29 is 14.3 Å².